The number of benzene rings is 1. The molecule has 2 atom stereocenters. The molecule has 1 aromatic carbocycles. The normalized spacial score (nSPS) is 25.9. The van der Waals surface area contributed by atoms with Crippen LogP contribution in [-0.2, 0) is 5.54 Å². The van der Waals surface area contributed by atoms with Gasteiger partial charge in [-0.2, -0.15) is 0 Å². The van der Waals surface area contributed by atoms with E-state index < -0.39 is 0 Å². The first-order valence-corrected chi connectivity index (χ1v) is 7.99. The minimum absolute atomic E-state index is 0.250. The molecule has 1 fully saturated rings. The second-order valence-corrected chi connectivity index (χ2v) is 6.85. The lowest BCUT2D eigenvalue weighted by Crippen LogP contribution is -2.41. The van der Waals surface area contributed by atoms with Gasteiger partial charge in [-0.05, 0) is 48.8 Å². The van der Waals surface area contributed by atoms with Crippen LogP contribution in [0.2, 0.25) is 0 Å². The van der Waals surface area contributed by atoms with Crippen LogP contribution in [0.15, 0.2) is 18.2 Å². The van der Waals surface area contributed by atoms with E-state index in [0.29, 0.717) is 0 Å². The molecule has 1 aliphatic carbocycles. The van der Waals surface area contributed by atoms with Gasteiger partial charge in [0.25, 0.3) is 0 Å². The van der Waals surface area contributed by atoms with Crippen LogP contribution in [-0.4, -0.2) is 14.2 Å². The SMILES string of the molecule is COc1cc(OC)cc(C2(N)CCCC(CC(C)C)C2)c1. The van der Waals surface area contributed by atoms with Gasteiger partial charge in [-0.1, -0.05) is 26.7 Å². The van der Waals surface area contributed by atoms with Crippen LogP contribution in [0.5, 0.6) is 11.5 Å². The Morgan fingerprint density at radius 2 is 1.81 bits per heavy atom. The average Bonchev–Trinajstić information content (AvgIpc) is 2.46. The van der Waals surface area contributed by atoms with E-state index in [2.05, 4.69) is 26.0 Å². The Labute approximate surface area is 128 Å². The molecule has 0 amide bonds. The Morgan fingerprint density at radius 1 is 1.19 bits per heavy atom. The van der Waals surface area contributed by atoms with Crippen LogP contribution in [0.25, 0.3) is 0 Å². The van der Waals surface area contributed by atoms with E-state index in [0.717, 1.165) is 41.7 Å². The Kier molecular flexibility index (Phi) is 5.15. The van der Waals surface area contributed by atoms with E-state index in [1.54, 1.807) is 14.2 Å². The number of ether oxygens (including phenoxy) is 2. The average molecular weight is 291 g/mol. The van der Waals surface area contributed by atoms with Crippen molar-refractivity contribution in [2.45, 2.75) is 51.5 Å². The number of hydrogen-bond donors (Lipinski definition) is 1. The molecule has 3 heteroatoms. The molecular formula is C18H29NO2. The lowest BCUT2D eigenvalue weighted by Gasteiger charge is -2.39. The molecule has 3 nitrogen and oxygen atoms in total. The van der Waals surface area contributed by atoms with Gasteiger partial charge >= 0.3 is 0 Å². The fourth-order valence-corrected chi connectivity index (χ4v) is 3.65. The zero-order valence-corrected chi connectivity index (χ0v) is 13.8. The van der Waals surface area contributed by atoms with Crippen molar-refractivity contribution in [3.63, 3.8) is 0 Å². The van der Waals surface area contributed by atoms with Gasteiger partial charge in [0.05, 0.1) is 14.2 Å². The Hall–Kier alpha value is -1.22. The van der Waals surface area contributed by atoms with E-state index in [4.69, 9.17) is 15.2 Å². The highest BCUT2D eigenvalue weighted by molar-refractivity contribution is 5.41. The standard InChI is InChI=1S/C18H29NO2/c1-13(2)8-14-6-5-7-18(19,12-14)15-9-16(20-3)11-17(10-15)21-4/h9-11,13-14H,5-8,12,19H2,1-4H3. The molecule has 1 aromatic rings. The fourth-order valence-electron chi connectivity index (χ4n) is 3.65. The maximum Gasteiger partial charge on any atom is 0.122 e. The molecule has 0 spiro atoms. The van der Waals surface area contributed by atoms with Crippen molar-refractivity contribution in [1.82, 2.24) is 0 Å². The number of rotatable bonds is 5. The van der Waals surface area contributed by atoms with Crippen molar-refractivity contribution in [2.75, 3.05) is 14.2 Å². The first-order valence-electron chi connectivity index (χ1n) is 7.99. The van der Waals surface area contributed by atoms with Crippen LogP contribution in [0.1, 0.15) is 51.5 Å². The lowest BCUT2D eigenvalue weighted by atomic mass is 9.70. The number of hydrogen-bond acceptors (Lipinski definition) is 3. The second kappa shape index (κ2) is 6.69. The lowest BCUT2D eigenvalue weighted by molar-refractivity contribution is 0.201. The van der Waals surface area contributed by atoms with Gasteiger partial charge in [-0.3, -0.25) is 0 Å². The maximum absolute atomic E-state index is 6.78. The molecule has 0 heterocycles. The monoisotopic (exact) mass is 291 g/mol. The Balaban J connectivity index is 2.25. The molecule has 118 valence electrons. The van der Waals surface area contributed by atoms with E-state index in [-0.39, 0.29) is 5.54 Å². The quantitative estimate of drug-likeness (QED) is 0.888. The van der Waals surface area contributed by atoms with Crippen molar-refractivity contribution in [3.05, 3.63) is 23.8 Å². The van der Waals surface area contributed by atoms with Crippen LogP contribution in [0.3, 0.4) is 0 Å². The van der Waals surface area contributed by atoms with Crippen molar-refractivity contribution in [1.29, 1.82) is 0 Å². The van der Waals surface area contributed by atoms with Gasteiger partial charge in [0, 0.05) is 11.6 Å². The highest BCUT2D eigenvalue weighted by Crippen LogP contribution is 2.42. The van der Waals surface area contributed by atoms with Gasteiger partial charge in [-0.15, -0.1) is 0 Å². The van der Waals surface area contributed by atoms with E-state index >= 15 is 0 Å². The topological polar surface area (TPSA) is 44.5 Å². The predicted molar refractivity (Wildman–Crippen MR) is 86.8 cm³/mol. The first kappa shape index (κ1) is 16.2. The summed E-state index contributed by atoms with van der Waals surface area (Å²) in [5.41, 5.74) is 7.68. The zero-order chi connectivity index (χ0) is 15.5. The highest BCUT2D eigenvalue weighted by atomic mass is 16.5. The smallest absolute Gasteiger partial charge is 0.122 e. The maximum atomic E-state index is 6.78. The summed E-state index contributed by atoms with van der Waals surface area (Å²) in [6.45, 7) is 4.59. The van der Waals surface area contributed by atoms with E-state index in [1.807, 2.05) is 6.07 Å². The zero-order valence-electron chi connectivity index (χ0n) is 13.8. The van der Waals surface area contributed by atoms with Crippen molar-refractivity contribution < 1.29 is 9.47 Å². The molecule has 1 aliphatic rings. The summed E-state index contributed by atoms with van der Waals surface area (Å²) in [6.07, 6.45) is 5.87. The second-order valence-electron chi connectivity index (χ2n) is 6.85. The molecule has 21 heavy (non-hydrogen) atoms. The summed E-state index contributed by atoms with van der Waals surface area (Å²) in [6, 6.07) is 6.04. The molecule has 1 saturated carbocycles. The van der Waals surface area contributed by atoms with Crippen LogP contribution >= 0.6 is 0 Å². The van der Waals surface area contributed by atoms with Crippen LogP contribution < -0.4 is 15.2 Å². The van der Waals surface area contributed by atoms with Crippen LogP contribution in [0, 0.1) is 11.8 Å². The van der Waals surface area contributed by atoms with E-state index in [9.17, 15) is 0 Å². The van der Waals surface area contributed by atoms with E-state index in [1.165, 1.54) is 19.3 Å². The summed E-state index contributed by atoms with van der Waals surface area (Å²) < 4.78 is 10.8. The summed E-state index contributed by atoms with van der Waals surface area (Å²) in [5.74, 6) is 3.10. The van der Waals surface area contributed by atoms with Crippen LogP contribution in [0.4, 0.5) is 0 Å². The molecule has 0 aromatic heterocycles. The van der Waals surface area contributed by atoms with Crippen molar-refractivity contribution >= 4 is 0 Å². The summed E-state index contributed by atoms with van der Waals surface area (Å²) in [4.78, 5) is 0. The minimum atomic E-state index is -0.250. The molecule has 0 radical (unpaired) electrons. The predicted octanol–water partition coefficient (Wildman–Crippen LogP) is 4.09. The largest absolute Gasteiger partial charge is 0.497 e. The van der Waals surface area contributed by atoms with Gasteiger partial charge in [0.2, 0.25) is 0 Å². The molecule has 0 saturated heterocycles. The van der Waals surface area contributed by atoms with Gasteiger partial charge < -0.3 is 15.2 Å². The third-order valence-electron chi connectivity index (χ3n) is 4.62. The minimum Gasteiger partial charge on any atom is -0.497 e. The summed E-state index contributed by atoms with van der Waals surface area (Å²) in [5, 5.41) is 0. The highest BCUT2D eigenvalue weighted by Gasteiger charge is 2.35. The van der Waals surface area contributed by atoms with Crippen molar-refractivity contribution in [2.24, 2.45) is 17.6 Å². The molecule has 2 rings (SSSR count). The summed E-state index contributed by atoms with van der Waals surface area (Å²) in [7, 11) is 3.37. The molecule has 2 unspecified atom stereocenters. The molecule has 0 aliphatic heterocycles. The molecular weight excluding hydrogens is 262 g/mol. The first-order chi connectivity index (χ1) is 9.96. The molecule has 2 N–H and O–H groups in total. The van der Waals surface area contributed by atoms with Gasteiger partial charge in [0.1, 0.15) is 11.5 Å². The Morgan fingerprint density at radius 3 is 2.33 bits per heavy atom. The Bertz CT molecular complexity index is 450. The number of nitrogens with two attached hydrogens (primary N) is 1. The summed E-state index contributed by atoms with van der Waals surface area (Å²) >= 11 is 0. The molecule has 0 bridgehead atoms. The number of methoxy groups -OCH3 is 2. The van der Waals surface area contributed by atoms with Gasteiger partial charge in [-0.25, -0.2) is 0 Å². The van der Waals surface area contributed by atoms with Crippen molar-refractivity contribution in [3.8, 4) is 11.5 Å². The van der Waals surface area contributed by atoms with Gasteiger partial charge in [0.15, 0.2) is 0 Å². The fraction of sp³-hybridized carbons (Fsp3) is 0.667. The third kappa shape index (κ3) is 3.91. The third-order valence-corrected chi connectivity index (χ3v) is 4.62.